The van der Waals surface area contributed by atoms with Crippen molar-refractivity contribution in [1.82, 2.24) is 15.1 Å². The van der Waals surface area contributed by atoms with Crippen molar-refractivity contribution in [2.24, 2.45) is 4.99 Å². The number of likely N-dealkylation sites (N-methyl/N-ethyl adjacent to an activating group) is 1. The molecule has 3 rings (SSSR count). The molecule has 7 nitrogen and oxygen atoms in total. The lowest BCUT2D eigenvalue weighted by molar-refractivity contribution is 0.0657. The van der Waals surface area contributed by atoms with Crippen molar-refractivity contribution in [2.45, 2.75) is 13.0 Å². The summed E-state index contributed by atoms with van der Waals surface area (Å²) in [7, 11) is 3.90. The molecule has 8 heteroatoms. The average Bonchev–Trinajstić information content (AvgIpc) is 3.29. The number of nitrogens with zero attached hydrogens (tertiary/aromatic N) is 4. The van der Waals surface area contributed by atoms with E-state index in [4.69, 9.17) is 4.42 Å². The van der Waals surface area contributed by atoms with E-state index in [0.717, 1.165) is 25.6 Å². The van der Waals surface area contributed by atoms with E-state index in [-0.39, 0.29) is 29.9 Å². The molecule has 158 valence electrons. The number of anilines is 1. The van der Waals surface area contributed by atoms with Gasteiger partial charge in [0, 0.05) is 58.5 Å². The second-order valence-corrected chi connectivity index (χ2v) is 6.98. The number of benzene rings is 1. The summed E-state index contributed by atoms with van der Waals surface area (Å²) in [6.07, 6.45) is 1.53. The van der Waals surface area contributed by atoms with Crippen LogP contribution >= 0.6 is 24.0 Å². The van der Waals surface area contributed by atoms with E-state index in [9.17, 15) is 4.79 Å². The molecule has 2 aromatic rings. The number of carbonyl (C=O) groups is 1. The highest BCUT2D eigenvalue weighted by molar-refractivity contribution is 14.0. The number of rotatable bonds is 5. The number of hydrogen-bond acceptors (Lipinski definition) is 4. The Morgan fingerprint density at radius 1 is 1.14 bits per heavy atom. The number of nitrogens with one attached hydrogen (secondary N) is 1. The summed E-state index contributed by atoms with van der Waals surface area (Å²) >= 11 is 0. The molecular formula is C21H30IN5O2. The highest BCUT2D eigenvalue weighted by Crippen LogP contribution is 2.14. The number of halogens is 1. The first-order valence-corrected chi connectivity index (χ1v) is 9.66. The van der Waals surface area contributed by atoms with Gasteiger partial charge in [-0.3, -0.25) is 9.79 Å². The van der Waals surface area contributed by atoms with Gasteiger partial charge in [0.05, 0.1) is 6.26 Å². The van der Waals surface area contributed by atoms with Crippen molar-refractivity contribution < 1.29 is 9.21 Å². The van der Waals surface area contributed by atoms with Gasteiger partial charge < -0.3 is 24.4 Å². The first-order chi connectivity index (χ1) is 13.6. The fraction of sp³-hybridized carbons (Fsp3) is 0.429. The summed E-state index contributed by atoms with van der Waals surface area (Å²) in [5.41, 5.74) is 1.19. The maximum atomic E-state index is 12.4. The number of guanidine groups is 1. The topological polar surface area (TPSA) is 64.3 Å². The lowest BCUT2D eigenvalue weighted by Crippen LogP contribution is -2.55. The van der Waals surface area contributed by atoms with Crippen LogP contribution in [0.4, 0.5) is 5.69 Å². The molecule has 0 radical (unpaired) electrons. The van der Waals surface area contributed by atoms with Gasteiger partial charge >= 0.3 is 0 Å². The summed E-state index contributed by atoms with van der Waals surface area (Å²) in [6, 6.07) is 14.1. The van der Waals surface area contributed by atoms with Crippen LogP contribution in [0.15, 0.2) is 58.1 Å². The van der Waals surface area contributed by atoms with Crippen LogP contribution in [-0.4, -0.2) is 74.5 Å². The molecule has 1 aliphatic rings. The van der Waals surface area contributed by atoms with Crippen molar-refractivity contribution in [2.75, 3.05) is 51.7 Å². The highest BCUT2D eigenvalue weighted by atomic mass is 127. The van der Waals surface area contributed by atoms with Crippen LogP contribution < -0.4 is 10.2 Å². The molecule has 0 aliphatic carbocycles. The number of hydrogen-bond donors (Lipinski definition) is 1. The van der Waals surface area contributed by atoms with E-state index in [1.807, 2.05) is 11.0 Å². The Kier molecular flexibility index (Phi) is 8.81. The van der Waals surface area contributed by atoms with Crippen LogP contribution in [0.5, 0.6) is 0 Å². The number of aliphatic imine (C=N–C) groups is 1. The van der Waals surface area contributed by atoms with Gasteiger partial charge in [0.1, 0.15) is 0 Å². The van der Waals surface area contributed by atoms with Crippen LogP contribution in [-0.2, 0) is 0 Å². The van der Waals surface area contributed by atoms with E-state index >= 15 is 0 Å². The lowest BCUT2D eigenvalue weighted by atomic mass is 10.2. The number of piperazine rings is 1. The first kappa shape index (κ1) is 23.1. The molecule has 1 unspecified atom stereocenters. The molecule has 2 heterocycles. The normalized spacial score (nSPS) is 15.5. The maximum Gasteiger partial charge on any atom is 0.289 e. The summed E-state index contributed by atoms with van der Waals surface area (Å²) < 4.78 is 5.22. The zero-order chi connectivity index (χ0) is 19.9. The second kappa shape index (κ2) is 11.1. The molecule has 1 fully saturated rings. The van der Waals surface area contributed by atoms with Gasteiger partial charge in [0.15, 0.2) is 11.7 Å². The summed E-state index contributed by atoms with van der Waals surface area (Å²) in [5.74, 6) is 1.22. The number of amides is 1. The van der Waals surface area contributed by atoms with Gasteiger partial charge in [0.25, 0.3) is 5.91 Å². The van der Waals surface area contributed by atoms with Crippen LogP contribution in [0.25, 0.3) is 0 Å². The van der Waals surface area contributed by atoms with Gasteiger partial charge in [-0.25, -0.2) is 0 Å². The summed E-state index contributed by atoms with van der Waals surface area (Å²) in [4.78, 5) is 23.1. The zero-order valence-electron chi connectivity index (χ0n) is 17.2. The molecule has 0 bridgehead atoms. The highest BCUT2D eigenvalue weighted by Gasteiger charge is 2.25. The minimum absolute atomic E-state index is 0. The quantitative estimate of drug-likeness (QED) is 0.380. The Morgan fingerprint density at radius 2 is 1.79 bits per heavy atom. The zero-order valence-corrected chi connectivity index (χ0v) is 19.6. The molecule has 1 N–H and O–H groups in total. The minimum atomic E-state index is -0.0503. The third-order valence-corrected chi connectivity index (χ3v) is 5.19. The van der Waals surface area contributed by atoms with Gasteiger partial charge in [-0.2, -0.15) is 0 Å². The standard InChI is InChI=1S/C21H29N5O2.HI/c1-17(24(3)18-8-5-4-6-9-18)16-23-21(22-2)26-13-11-25(12-14-26)20(27)19-10-7-15-28-19;/h4-10,15,17H,11-14,16H2,1-3H3,(H,22,23);1H. The third kappa shape index (κ3) is 5.88. The van der Waals surface area contributed by atoms with Crippen LogP contribution in [0, 0.1) is 0 Å². The summed E-state index contributed by atoms with van der Waals surface area (Å²) in [5, 5.41) is 3.47. The molecule has 1 aliphatic heterocycles. The van der Waals surface area contributed by atoms with Gasteiger partial charge in [-0.15, -0.1) is 24.0 Å². The van der Waals surface area contributed by atoms with Crippen molar-refractivity contribution in [3.05, 3.63) is 54.5 Å². The number of furan rings is 1. The van der Waals surface area contributed by atoms with Crippen LogP contribution in [0.2, 0.25) is 0 Å². The molecule has 1 saturated heterocycles. The Morgan fingerprint density at radius 3 is 2.38 bits per heavy atom. The van der Waals surface area contributed by atoms with Crippen molar-refractivity contribution >= 4 is 41.5 Å². The molecule has 29 heavy (non-hydrogen) atoms. The van der Waals surface area contributed by atoms with Crippen LogP contribution in [0.3, 0.4) is 0 Å². The largest absolute Gasteiger partial charge is 0.459 e. The van der Waals surface area contributed by atoms with Crippen molar-refractivity contribution in [1.29, 1.82) is 0 Å². The molecule has 1 aromatic heterocycles. The van der Waals surface area contributed by atoms with E-state index in [2.05, 4.69) is 58.3 Å². The van der Waals surface area contributed by atoms with Crippen LogP contribution in [0.1, 0.15) is 17.5 Å². The van der Waals surface area contributed by atoms with Gasteiger partial charge in [0.2, 0.25) is 0 Å². The maximum absolute atomic E-state index is 12.4. The van der Waals surface area contributed by atoms with Gasteiger partial charge in [-0.1, -0.05) is 18.2 Å². The Labute approximate surface area is 189 Å². The van der Waals surface area contributed by atoms with Crippen molar-refractivity contribution in [3.63, 3.8) is 0 Å². The summed E-state index contributed by atoms with van der Waals surface area (Å²) in [6.45, 7) is 5.76. The SMILES string of the molecule is CN=C(NCC(C)N(C)c1ccccc1)N1CCN(C(=O)c2ccco2)CC1.I. The smallest absolute Gasteiger partial charge is 0.289 e. The molecule has 1 amide bonds. The molecule has 0 spiro atoms. The Balaban J connectivity index is 0.00000300. The molecule has 0 saturated carbocycles. The molecular weight excluding hydrogens is 481 g/mol. The van der Waals surface area contributed by atoms with Gasteiger partial charge in [-0.05, 0) is 31.2 Å². The first-order valence-electron chi connectivity index (χ1n) is 9.66. The fourth-order valence-corrected chi connectivity index (χ4v) is 3.30. The lowest BCUT2D eigenvalue weighted by Gasteiger charge is -2.37. The van der Waals surface area contributed by atoms with E-state index in [0.29, 0.717) is 24.9 Å². The Hall–Kier alpha value is -2.23. The predicted octanol–water partition coefficient (Wildman–Crippen LogP) is 2.76. The molecule has 1 atom stereocenters. The average molecular weight is 511 g/mol. The van der Waals surface area contributed by atoms with E-state index in [1.54, 1.807) is 19.2 Å². The van der Waals surface area contributed by atoms with Crippen molar-refractivity contribution in [3.8, 4) is 0 Å². The third-order valence-electron chi connectivity index (χ3n) is 5.19. The minimum Gasteiger partial charge on any atom is -0.459 e. The number of carbonyl (C=O) groups excluding carboxylic acids is 1. The number of para-hydroxylation sites is 1. The second-order valence-electron chi connectivity index (χ2n) is 6.98. The monoisotopic (exact) mass is 511 g/mol. The molecule has 1 aromatic carbocycles. The fourth-order valence-electron chi connectivity index (χ4n) is 3.30. The Bertz CT molecular complexity index is 774. The predicted molar refractivity (Wildman–Crippen MR) is 127 cm³/mol. The van der Waals surface area contributed by atoms with E-state index < -0.39 is 0 Å². The van der Waals surface area contributed by atoms with E-state index in [1.165, 1.54) is 12.0 Å².